The van der Waals surface area contributed by atoms with Crippen molar-refractivity contribution in [3.05, 3.63) is 89.2 Å². The van der Waals surface area contributed by atoms with Crippen LogP contribution in [0.15, 0.2) is 66.7 Å². The second-order valence-electron chi connectivity index (χ2n) is 5.93. The number of phenolic OH excluding ortho intramolecular Hbond substituents is 1. The standard InChI is InChI=1S/C21H17FN2O3/c1-13-10-11-14(20(26)23-17-8-4-5-9-19(17)25)12-18(13)24-21(27)15-6-2-3-7-16(15)22/h2-12,25H,1H3,(H,23,26)(H,24,27). The summed E-state index contributed by atoms with van der Waals surface area (Å²) in [5.41, 5.74) is 1.60. The number of hydrogen-bond acceptors (Lipinski definition) is 3. The molecule has 3 N–H and O–H groups in total. The first kappa shape index (κ1) is 18.1. The first-order chi connectivity index (χ1) is 13.0. The fourth-order valence-electron chi connectivity index (χ4n) is 2.51. The predicted molar refractivity (Wildman–Crippen MR) is 102 cm³/mol. The van der Waals surface area contributed by atoms with Gasteiger partial charge in [-0.15, -0.1) is 0 Å². The zero-order valence-electron chi connectivity index (χ0n) is 14.5. The molecule has 0 saturated carbocycles. The van der Waals surface area contributed by atoms with Crippen LogP contribution in [-0.2, 0) is 0 Å². The molecule has 5 nitrogen and oxygen atoms in total. The molecule has 0 spiro atoms. The van der Waals surface area contributed by atoms with Gasteiger partial charge in [0.05, 0.1) is 11.3 Å². The van der Waals surface area contributed by atoms with Crippen LogP contribution in [0, 0.1) is 12.7 Å². The molecule has 0 fully saturated rings. The van der Waals surface area contributed by atoms with Gasteiger partial charge < -0.3 is 15.7 Å². The van der Waals surface area contributed by atoms with Crippen molar-refractivity contribution in [1.29, 1.82) is 0 Å². The van der Waals surface area contributed by atoms with Crippen LogP contribution in [0.3, 0.4) is 0 Å². The average molecular weight is 364 g/mol. The largest absolute Gasteiger partial charge is 0.506 e. The van der Waals surface area contributed by atoms with E-state index in [1.54, 1.807) is 43.3 Å². The summed E-state index contributed by atoms with van der Waals surface area (Å²) < 4.78 is 13.8. The lowest BCUT2D eigenvalue weighted by atomic mass is 10.1. The highest BCUT2D eigenvalue weighted by atomic mass is 19.1. The summed E-state index contributed by atoms with van der Waals surface area (Å²) in [4.78, 5) is 24.8. The van der Waals surface area contributed by atoms with Crippen molar-refractivity contribution >= 4 is 23.2 Å². The van der Waals surface area contributed by atoms with Crippen molar-refractivity contribution in [3.63, 3.8) is 0 Å². The number of carbonyl (C=O) groups is 2. The highest BCUT2D eigenvalue weighted by Crippen LogP contribution is 2.24. The zero-order chi connectivity index (χ0) is 19.4. The second kappa shape index (κ2) is 7.70. The highest BCUT2D eigenvalue weighted by molar-refractivity contribution is 6.08. The number of carbonyl (C=O) groups excluding carboxylic acids is 2. The van der Waals surface area contributed by atoms with Crippen molar-refractivity contribution in [1.82, 2.24) is 0 Å². The SMILES string of the molecule is Cc1ccc(C(=O)Nc2ccccc2O)cc1NC(=O)c1ccccc1F. The molecule has 0 bridgehead atoms. The number of para-hydroxylation sites is 2. The van der Waals surface area contributed by atoms with Crippen molar-refractivity contribution in [2.24, 2.45) is 0 Å². The van der Waals surface area contributed by atoms with Gasteiger partial charge in [0.1, 0.15) is 11.6 Å². The van der Waals surface area contributed by atoms with E-state index in [-0.39, 0.29) is 22.6 Å². The lowest BCUT2D eigenvalue weighted by Gasteiger charge is -2.12. The van der Waals surface area contributed by atoms with E-state index in [4.69, 9.17) is 0 Å². The smallest absolute Gasteiger partial charge is 0.258 e. The molecule has 6 heteroatoms. The molecule has 2 amide bonds. The number of halogens is 1. The first-order valence-electron chi connectivity index (χ1n) is 8.21. The topological polar surface area (TPSA) is 78.4 Å². The third-order valence-corrected chi connectivity index (χ3v) is 4.02. The molecule has 0 saturated heterocycles. The second-order valence-corrected chi connectivity index (χ2v) is 5.93. The summed E-state index contributed by atoms with van der Waals surface area (Å²) in [6.07, 6.45) is 0. The van der Waals surface area contributed by atoms with Crippen LogP contribution in [0.2, 0.25) is 0 Å². The van der Waals surface area contributed by atoms with E-state index in [1.807, 2.05) is 0 Å². The minimum Gasteiger partial charge on any atom is -0.506 e. The van der Waals surface area contributed by atoms with Gasteiger partial charge in [0.15, 0.2) is 0 Å². The molecule has 0 aliphatic heterocycles. The Bertz CT molecular complexity index is 1020. The van der Waals surface area contributed by atoms with Crippen molar-refractivity contribution in [2.75, 3.05) is 10.6 Å². The van der Waals surface area contributed by atoms with Crippen LogP contribution < -0.4 is 10.6 Å². The van der Waals surface area contributed by atoms with Gasteiger partial charge in [-0.05, 0) is 48.9 Å². The number of amides is 2. The van der Waals surface area contributed by atoms with Gasteiger partial charge in [-0.25, -0.2) is 4.39 Å². The number of hydrogen-bond donors (Lipinski definition) is 3. The molecular formula is C21H17FN2O3. The van der Waals surface area contributed by atoms with Crippen molar-refractivity contribution in [2.45, 2.75) is 6.92 Å². The quantitative estimate of drug-likeness (QED) is 0.603. The van der Waals surface area contributed by atoms with Crippen LogP contribution in [0.1, 0.15) is 26.3 Å². The number of phenols is 1. The molecule has 3 aromatic carbocycles. The molecule has 3 rings (SSSR count). The van der Waals surface area contributed by atoms with Gasteiger partial charge in [0.2, 0.25) is 0 Å². The summed E-state index contributed by atoms with van der Waals surface area (Å²) in [6, 6.07) is 16.8. The Morgan fingerprint density at radius 3 is 2.26 bits per heavy atom. The Balaban J connectivity index is 1.82. The number of aromatic hydroxyl groups is 1. The maximum atomic E-state index is 13.8. The number of anilines is 2. The van der Waals surface area contributed by atoms with Gasteiger partial charge in [0.25, 0.3) is 11.8 Å². The normalized spacial score (nSPS) is 10.3. The Labute approximate surface area is 155 Å². The van der Waals surface area contributed by atoms with Gasteiger partial charge >= 0.3 is 0 Å². The van der Waals surface area contributed by atoms with Gasteiger partial charge in [-0.3, -0.25) is 9.59 Å². The minimum absolute atomic E-state index is 0.0500. The van der Waals surface area contributed by atoms with E-state index in [9.17, 15) is 19.1 Å². The Hall–Kier alpha value is -3.67. The molecule has 3 aromatic rings. The van der Waals surface area contributed by atoms with Gasteiger partial charge in [-0.1, -0.05) is 30.3 Å². The molecular weight excluding hydrogens is 347 g/mol. The molecule has 0 aliphatic rings. The molecule has 0 atom stereocenters. The molecule has 0 aromatic heterocycles. The minimum atomic E-state index is -0.624. The van der Waals surface area contributed by atoms with Crippen molar-refractivity contribution < 1.29 is 19.1 Å². The Kier molecular flexibility index (Phi) is 5.17. The van der Waals surface area contributed by atoms with Crippen LogP contribution in [0.4, 0.5) is 15.8 Å². The number of nitrogens with one attached hydrogen (secondary N) is 2. The molecule has 27 heavy (non-hydrogen) atoms. The zero-order valence-corrected chi connectivity index (χ0v) is 14.5. The average Bonchev–Trinajstić information content (AvgIpc) is 2.65. The van der Waals surface area contributed by atoms with Gasteiger partial charge in [0, 0.05) is 11.3 Å². The summed E-state index contributed by atoms with van der Waals surface area (Å²) >= 11 is 0. The van der Waals surface area contributed by atoms with Crippen LogP contribution >= 0.6 is 0 Å². The fraction of sp³-hybridized carbons (Fsp3) is 0.0476. The molecule has 0 unspecified atom stereocenters. The Morgan fingerprint density at radius 2 is 1.52 bits per heavy atom. The number of aryl methyl sites for hydroxylation is 1. The van der Waals surface area contributed by atoms with Gasteiger partial charge in [-0.2, -0.15) is 0 Å². The molecule has 136 valence electrons. The first-order valence-corrected chi connectivity index (χ1v) is 8.21. The van der Waals surface area contributed by atoms with E-state index < -0.39 is 17.6 Å². The van der Waals surface area contributed by atoms with E-state index in [0.717, 1.165) is 5.56 Å². The lowest BCUT2D eigenvalue weighted by Crippen LogP contribution is -2.16. The number of rotatable bonds is 4. The third kappa shape index (κ3) is 4.12. The van der Waals surface area contributed by atoms with Crippen LogP contribution in [-0.4, -0.2) is 16.9 Å². The van der Waals surface area contributed by atoms with Crippen LogP contribution in [0.5, 0.6) is 5.75 Å². The Morgan fingerprint density at radius 1 is 0.852 bits per heavy atom. The van der Waals surface area contributed by atoms with E-state index in [1.165, 1.54) is 30.3 Å². The summed E-state index contributed by atoms with van der Waals surface area (Å²) in [5, 5.41) is 15.0. The van der Waals surface area contributed by atoms with Crippen LogP contribution in [0.25, 0.3) is 0 Å². The molecule has 0 aliphatic carbocycles. The maximum Gasteiger partial charge on any atom is 0.258 e. The monoisotopic (exact) mass is 364 g/mol. The maximum absolute atomic E-state index is 13.8. The van der Waals surface area contributed by atoms with Crippen molar-refractivity contribution in [3.8, 4) is 5.75 Å². The summed E-state index contributed by atoms with van der Waals surface area (Å²) in [5.74, 6) is -1.72. The predicted octanol–water partition coefficient (Wildman–Crippen LogP) is 4.34. The van der Waals surface area contributed by atoms with E-state index in [2.05, 4.69) is 10.6 Å². The molecule has 0 radical (unpaired) electrons. The fourth-order valence-corrected chi connectivity index (χ4v) is 2.51. The highest BCUT2D eigenvalue weighted by Gasteiger charge is 2.14. The van der Waals surface area contributed by atoms with E-state index >= 15 is 0 Å². The number of benzene rings is 3. The summed E-state index contributed by atoms with van der Waals surface area (Å²) in [6.45, 7) is 1.77. The van der Waals surface area contributed by atoms with E-state index in [0.29, 0.717) is 5.69 Å². The third-order valence-electron chi connectivity index (χ3n) is 4.02. The molecule has 0 heterocycles. The lowest BCUT2D eigenvalue weighted by molar-refractivity contribution is 0.101. The summed E-state index contributed by atoms with van der Waals surface area (Å²) in [7, 11) is 0.